The van der Waals surface area contributed by atoms with Crippen LogP contribution in [0.1, 0.15) is 37.5 Å². The van der Waals surface area contributed by atoms with E-state index in [9.17, 15) is 9.59 Å². The van der Waals surface area contributed by atoms with Crippen LogP contribution in [-0.4, -0.2) is 23.1 Å². The third-order valence-electron chi connectivity index (χ3n) is 6.16. The number of H-pyrrole nitrogens is 1. The Balaban J connectivity index is 1.42. The zero-order valence-electron chi connectivity index (χ0n) is 20.8. The first-order valence-corrected chi connectivity index (χ1v) is 12.4. The van der Waals surface area contributed by atoms with E-state index in [0.29, 0.717) is 33.2 Å². The minimum absolute atomic E-state index is 0.329. The van der Waals surface area contributed by atoms with Gasteiger partial charge in [-0.1, -0.05) is 77.8 Å². The first-order chi connectivity index (χ1) is 18.4. The van der Waals surface area contributed by atoms with Crippen LogP contribution in [0.5, 0.6) is 5.75 Å². The highest BCUT2D eigenvalue weighted by molar-refractivity contribution is 6.34. The molecular weight excluding hydrogens is 498 g/mol. The molecule has 0 aliphatic rings. The second kappa shape index (κ2) is 10.7. The molecule has 7 heteroatoms. The molecule has 1 amide bonds. The molecular formula is C31H24ClN3O3. The standard InChI is InChI=1S/C31H24ClN3O3/c1-19-9-7-12-21(17-19)31(37)38-26-16-6-3-11-22(26)18-33-35-30(36)29-27(23-13-4-5-15-25(23)32)24-14-8-10-20(2)28(24)34-29/h3-18,34H,1-2H3,(H,35,36). The maximum absolute atomic E-state index is 13.3. The summed E-state index contributed by atoms with van der Waals surface area (Å²) in [7, 11) is 0. The maximum Gasteiger partial charge on any atom is 0.343 e. The summed E-state index contributed by atoms with van der Waals surface area (Å²) in [6.07, 6.45) is 1.44. The number of hydrazone groups is 1. The molecule has 2 N–H and O–H groups in total. The number of rotatable bonds is 6. The number of nitrogens with one attached hydrogen (secondary N) is 2. The van der Waals surface area contributed by atoms with Gasteiger partial charge in [0.1, 0.15) is 11.4 Å². The number of hydrogen-bond donors (Lipinski definition) is 2. The average Bonchev–Trinajstić information content (AvgIpc) is 3.31. The van der Waals surface area contributed by atoms with Crippen LogP contribution >= 0.6 is 11.6 Å². The predicted octanol–water partition coefficient (Wildman–Crippen LogP) is 7.09. The van der Waals surface area contributed by atoms with Gasteiger partial charge in [-0.15, -0.1) is 0 Å². The number of aryl methyl sites for hydroxylation is 2. The fraction of sp³-hybridized carbons (Fsp3) is 0.0645. The number of amides is 1. The fourth-order valence-corrected chi connectivity index (χ4v) is 4.54. The number of hydrogen-bond acceptors (Lipinski definition) is 4. The summed E-state index contributed by atoms with van der Waals surface area (Å²) in [5, 5.41) is 5.58. The average molecular weight is 522 g/mol. The Labute approximate surface area is 224 Å². The Morgan fingerprint density at radius 3 is 2.50 bits per heavy atom. The van der Waals surface area contributed by atoms with E-state index < -0.39 is 11.9 Å². The largest absolute Gasteiger partial charge is 0.422 e. The van der Waals surface area contributed by atoms with Crippen molar-refractivity contribution in [2.45, 2.75) is 13.8 Å². The molecule has 5 rings (SSSR count). The summed E-state index contributed by atoms with van der Waals surface area (Å²) in [6.45, 7) is 3.88. The smallest absolute Gasteiger partial charge is 0.343 e. The van der Waals surface area contributed by atoms with Crippen molar-refractivity contribution in [2.75, 3.05) is 0 Å². The molecule has 0 aliphatic heterocycles. The van der Waals surface area contributed by atoms with Gasteiger partial charge in [0.2, 0.25) is 0 Å². The molecule has 0 bridgehead atoms. The van der Waals surface area contributed by atoms with Crippen LogP contribution in [0.2, 0.25) is 5.02 Å². The molecule has 0 radical (unpaired) electrons. The van der Waals surface area contributed by atoms with Gasteiger partial charge < -0.3 is 9.72 Å². The molecule has 38 heavy (non-hydrogen) atoms. The summed E-state index contributed by atoms with van der Waals surface area (Å²) in [4.78, 5) is 29.2. The molecule has 1 aromatic heterocycles. The molecule has 4 aromatic carbocycles. The molecule has 0 spiro atoms. The first kappa shape index (κ1) is 25.0. The van der Waals surface area contributed by atoms with Crippen molar-refractivity contribution in [3.05, 3.63) is 124 Å². The van der Waals surface area contributed by atoms with Crippen LogP contribution < -0.4 is 10.2 Å². The molecule has 0 fully saturated rings. The van der Waals surface area contributed by atoms with Crippen LogP contribution in [0.15, 0.2) is 96.1 Å². The van der Waals surface area contributed by atoms with E-state index in [4.69, 9.17) is 16.3 Å². The van der Waals surface area contributed by atoms with Crippen molar-refractivity contribution in [2.24, 2.45) is 5.10 Å². The lowest BCUT2D eigenvalue weighted by Crippen LogP contribution is -2.19. The highest BCUT2D eigenvalue weighted by atomic mass is 35.5. The Morgan fingerprint density at radius 1 is 0.921 bits per heavy atom. The second-order valence-corrected chi connectivity index (χ2v) is 9.26. The monoisotopic (exact) mass is 521 g/mol. The van der Waals surface area contributed by atoms with Crippen LogP contribution in [0, 0.1) is 13.8 Å². The van der Waals surface area contributed by atoms with Crippen molar-refractivity contribution >= 4 is 40.6 Å². The summed E-state index contributed by atoms with van der Waals surface area (Å²) in [5.41, 5.74) is 8.18. The van der Waals surface area contributed by atoms with E-state index in [-0.39, 0.29) is 0 Å². The van der Waals surface area contributed by atoms with Crippen molar-refractivity contribution in [3.63, 3.8) is 0 Å². The van der Waals surface area contributed by atoms with Crippen LogP contribution in [0.4, 0.5) is 0 Å². The van der Waals surface area contributed by atoms with Gasteiger partial charge in [-0.25, -0.2) is 10.2 Å². The van der Waals surface area contributed by atoms with E-state index in [1.54, 1.807) is 48.5 Å². The number of esters is 1. The molecule has 1 heterocycles. The summed E-state index contributed by atoms with van der Waals surface area (Å²) >= 11 is 6.51. The molecule has 0 unspecified atom stereocenters. The molecule has 0 saturated carbocycles. The molecule has 6 nitrogen and oxygen atoms in total. The van der Waals surface area contributed by atoms with Crippen LogP contribution in [0.25, 0.3) is 22.0 Å². The van der Waals surface area contributed by atoms with E-state index >= 15 is 0 Å². The first-order valence-electron chi connectivity index (χ1n) is 12.0. The van der Waals surface area contributed by atoms with Gasteiger partial charge in [0.05, 0.1) is 11.8 Å². The van der Waals surface area contributed by atoms with E-state index in [2.05, 4.69) is 15.5 Å². The van der Waals surface area contributed by atoms with Crippen LogP contribution in [0.3, 0.4) is 0 Å². The minimum atomic E-state index is -0.476. The Kier molecular flexibility index (Phi) is 7.07. The van der Waals surface area contributed by atoms with Crippen molar-refractivity contribution in [1.82, 2.24) is 10.4 Å². The number of carbonyl (C=O) groups is 2. The Hall–Kier alpha value is -4.68. The van der Waals surface area contributed by atoms with Gasteiger partial charge >= 0.3 is 5.97 Å². The number of benzene rings is 4. The lowest BCUT2D eigenvalue weighted by Gasteiger charge is -2.08. The number of ether oxygens (including phenoxy) is 1. The maximum atomic E-state index is 13.3. The number of halogens is 1. The number of para-hydroxylation sites is 2. The molecule has 188 valence electrons. The van der Waals surface area contributed by atoms with Gasteiger partial charge in [-0.05, 0) is 49.7 Å². The van der Waals surface area contributed by atoms with Crippen molar-refractivity contribution < 1.29 is 14.3 Å². The lowest BCUT2D eigenvalue weighted by atomic mass is 10.0. The predicted molar refractivity (Wildman–Crippen MR) is 151 cm³/mol. The summed E-state index contributed by atoms with van der Waals surface area (Å²) in [6, 6.07) is 27.4. The van der Waals surface area contributed by atoms with Gasteiger partial charge in [-0.2, -0.15) is 5.10 Å². The van der Waals surface area contributed by atoms with E-state index in [1.165, 1.54) is 6.21 Å². The van der Waals surface area contributed by atoms with E-state index in [1.807, 2.05) is 56.3 Å². The fourth-order valence-electron chi connectivity index (χ4n) is 4.31. The molecule has 0 aliphatic carbocycles. The van der Waals surface area contributed by atoms with Crippen LogP contribution in [-0.2, 0) is 0 Å². The number of nitrogens with zero attached hydrogens (tertiary/aromatic N) is 1. The Bertz CT molecular complexity index is 1700. The Morgan fingerprint density at radius 2 is 1.68 bits per heavy atom. The zero-order chi connectivity index (χ0) is 26.6. The second-order valence-electron chi connectivity index (χ2n) is 8.85. The zero-order valence-corrected chi connectivity index (χ0v) is 21.5. The van der Waals surface area contributed by atoms with Crippen molar-refractivity contribution in [1.29, 1.82) is 0 Å². The minimum Gasteiger partial charge on any atom is -0.422 e. The topological polar surface area (TPSA) is 83.5 Å². The number of aromatic amines is 1. The lowest BCUT2D eigenvalue weighted by molar-refractivity contribution is 0.0734. The van der Waals surface area contributed by atoms with Gasteiger partial charge in [0, 0.05) is 32.6 Å². The highest BCUT2D eigenvalue weighted by Gasteiger charge is 2.21. The highest BCUT2D eigenvalue weighted by Crippen LogP contribution is 2.37. The number of fused-ring (bicyclic) bond motifs is 1. The van der Waals surface area contributed by atoms with Crippen molar-refractivity contribution in [3.8, 4) is 16.9 Å². The summed E-state index contributed by atoms with van der Waals surface area (Å²) < 4.78 is 5.61. The van der Waals surface area contributed by atoms with Gasteiger partial charge in [0.25, 0.3) is 5.91 Å². The van der Waals surface area contributed by atoms with E-state index in [0.717, 1.165) is 27.6 Å². The quantitative estimate of drug-likeness (QED) is 0.108. The third-order valence-corrected chi connectivity index (χ3v) is 6.49. The number of carbonyl (C=O) groups excluding carboxylic acids is 2. The van der Waals surface area contributed by atoms with Gasteiger partial charge in [0.15, 0.2) is 0 Å². The number of aromatic nitrogens is 1. The SMILES string of the molecule is Cc1cccc(C(=O)Oc2ccccc2C=NNC(=O)c2[nH]c3c(C)cccc3c2-c2ccccc2Cl)c1. The summed E-state index contributed by atoms with van der Waals surface area (Å²) in [5.74, 6) is -0.576. The normalized spacial score (nSPS) is 11.1. The third kappa shape index (κ3) is 5.08. The molecule has 5 aromatic rings. The molecule has 0 atom stereocenters. The molecule has 0 saturated heterocycles. The van der Waals surface area contributed by atoms with Gasteiger partial charge in [-0.3, -0.25) is 4.79 Å².